The van der Waals surface area contributed by atoms with Crippen LogP contribution in [0, 0.1) is 0 Å². The first-order valence-electron chi connectivity index (χ1n) is 6.07. The molecule has 7 nitrogen and oxygen atoms in total. The molecule has 0 bridgehead atoms. The van der Waals surface area contributed by atoms with E-state index in [0.29, 0.717) is 25.1 Å². The van der Waals surface area contributed by atoms with E-state index in [1.54, 1.807) is 7.05 Å². The Kier molecular flexibility index (Phi) is 3.91. The normalized spacial score (nSPS) is 19.4. The molecule has 2 rings (SSSR count). The molecule has 1 fully saturated rings. The first-order chi connectivity index (χ1) is 8.89. The molecule has 2 heterocycles. The van der Waals surface area contributed by atoms with Gasteiger partial charge in [-0.1, -0.05) is 0 Å². The number of nitrogens with zero attached hydrogens (tertiary/aromatic N) is 2. The van der Waals surface area contributed by atoms with Crippen LogP contribution in [-0.4, -0.2) is 46.8 Å². The van der Waals surface area contributed by atoms with E-state index in [4.69, 9.17) is 5.11 Å². The zero-order chi connectivity index (χ0) is 14.0. The lowest BCUT2D eigenvalue weighted by Crippen LogP contribution is -2.37. The molecule has 1 saturated heterocycles. The predicted octanol–water partition coefficient (Wildman–Crippen LogP) is -0.215. The van der Waals surface area contributed by atoms with E-state index >= 15 is 0 Å². The number of aryl methyl sites for hydroxylation is 1. The predicted molar refractivity (Wildman–Crippen MR) is 68.7 cm³/mol. The van der Waals surface area contributed by atoms with Crippen LogP contribution in [0.15, 0.2) is 6.20 Å². The smallest absolute Gasteiger partial charge is 0.339 e. The van der Waals surface area contributed by atoms with Gasteiger partial charge in [-0.15, -0.1) is 0 Å². The maximum Gasteiger partial charge on any atom is 0.339 e. The van der Waals surface area contributed by atoms with Gasteiger partial charge in [-0.25, -0.2) is 13.2 Å². The molecule has 0 unspecified atom stereocenters. The van der Waals surface area contributed by atoms with Crippen LogP contribution in [0.1, 0.15) is 28.9 Å². The molecule has 1 aromatic heterocycles. The fraction of sp³-hybridized carbons (Fsp3) is 0.636. The van der Waals surface area contributed by atoms with Crippen LogP contribution >= 0.6 is 0 Å². The van der Waals surface area contributed by atoms with Crippen molar-refractivity contribution in [1.29, 1.82) is 0 Å². The van der Waals surface area contributed by atoms with Gasteiger partial charge in [0.05, 0.1) is 23.4 Å². The van der Waals surface area contributed by atoms with Gasteiger partial charge in [0.2, 0.25) is 0 Å². The van der Waals surface area contributed by atoms with E-state index in [1.807, 2.05) is 0 Å². The van der Waals surface area contributed by atoms with Crippen LogP contribution in [0.3, 0.4) is 0 Å². The van der Waals surface area contributed by atoms with Gasteiger partial charge in [0.15, 0.2) is 0 Å². The van der Waals surface area contributed by atoms with E-state index in [-0.39, 0.29) is 23.1 Å². The Morgan fingerprint density at radius 3 is 2.74 bits per heavy atom. The molecular formula is C11H17N3O4S. The molecule has 1 aliphatic heterocycles. The number of hydrogen-bond donors (Lipinski definition) is 2. The summed E-state index contributed by atoms with van der Waals surface area (Å²) < 4.78 is 24.1. The minimum Gasteiger partial charge on any atom is -0.478 e. The molecule has 0 amide bonds. The number of aromatic nitrogens is 2. The third-order valence-electron chi connectivity index (χ3n) is 3.40. The fourth-order valence-corrected chi connectivity index (χ4v) is 3.68. The van der Waals surface area contributed by atoms with Crippen molar-refractivity contribution in [2.24, 2.45) is 7.05 Å². The van der Waals surface area contributed by atoms with Crippen molar-refractivity contribution in [2.75, 3.05) is 11.5 Å². The monoisotopic (exact) mass is 287 g/mol. The summed E-state index contributed by atoms with van der Waals surface area (Å²) in [4.78, 5) is 11.0. The molecule has 0 atom stereocenters. The van der Waals surface area contributed by atoms with E-state index in [2.05, 4.69) is 10.4 Å². The van der Waals surface area contributed by atoms with Gasteiger partial charge >= 0.3 is 5.97 Å². The van der Waals surface area contributed by atoms with Crippen LogP contribution in [0.2, 0.25) is 0 Å². The molecule has 1 aromatic rings. The number of carboxylic acids is 1. The molecule has 0 spiro atoms. The molecule has 106 valence electrons. The summed E-state index contributed by atoms with van der Waals surface area (Å²) in [6, 6.07) is 0.111. The third-order valence-corrected chi connectivity index (χ3v) is 5.12. The van der Waals surface area contributed by atoms with Crippen LogP contribution < -0.4 is 5.32 Å². The molecule has 1 aliphatic rings. The standard InChI is InChI=1S/C11H17N3O4S/c1-14-10(9(6-13-14)11(15)16)7-12-8-2-4-19(17,18)5-3-8/h6,8,12H,2-5,7H2,1H3,(H,15,16). The first kappa shape index (κ1) is 14.0. The van der Waals surface area contributed by atoms with E-state index in [0.717, 1.165) is 0 Å². The number of carbonyl (C=O) groups is 1. The van der Waals surface area contributed by atoms with Gasteiger partial charge in [0.25, 0.3) is 0 Å². The number of sulfone groups is 1. The minimum atomic E-state index is -2.87. The second kappa shape index (κ2) is 5.30. The molecule has 0 radical (unpaired) electrons. The maximum absolute atomic E-state index is 11.3. The van der Waals surface area contributed by atoms with Crippen LogP contribution in [0.5, 0.6) is 0 Å². The summed E-state index contributed by atoms with van der Waals surface area (Å²) in [6.07, 6.45) is 2.47. The van der Waals surface area contributed by atoms with Gasteiger partial charge in [-0.3, -0.25) is 4.68 Å². The Bertz CT molecular complexity index is 565. The number of aromatic carboxylic acids is 1. The van der Waals surface area contributed by atoms with Gasteiger partial charge in [-0.2, -0.15) is 5.10 Å². The van der Waals surface area contributed by atoms with Crippen molar-refractivity contribution in [3.05, 3.63) is 17.5 Å². The lowest BCUT2D eigenvalue weighted by atomic mass is 10.1. The average Bonchev–Trinajstić information content (AvgIpc) is 2.69. The fourth-order valence-electron chi connectivity index (χ4n) is 2.19. The SMILES string of the molecule is Cn1ncc(C(=O)O)c1CNC1CCS(=O)(=O)CC1. The van der Waals surface area contributed by atoms with Crippen LogP contribution in [-0.2, 0) is 23.4 Å². The van der Waals surface area contributed by atoms with E-state index < -0.39 is 15.8 Å². The van der Waals surface area contributed by atoms with Gasteiger partial charge < -0.3 is 10.4 Å². The second-order valence-corrected chi connectivity index (χ2v) is 7.04. The summed E-state index contributed by atoms with van der Waals surface area (Å²) in [5.41, 5.74) is 0.777. The lowest BCUT2D eigenvalue weighted by Gasteiger charge is -2.23. The second-order valence-electron chi connectivity index (χ2n) is 4.74. The Hall–Kier alpha value is -1.41. The van der Waals surface area contributed by atoms with Crippen LogP contribution in [0.25, 0.3) is 0 Å². The van der Waals surface area contributed by atoms with Crippen molar-refractivity contribution in [3.8, 4) is 0 Å². The summed E-state index contributed by atoms with van der Waals surface area (Å²) in [5.74, 6) is -0.611. The minimum absolute atomic E-state index is 0.111. The highest BCUT2D eigenvalue weighted by atomic mass is 32.2. The van der Waals surface area contributed by atoms with Gasteiger partial charge in [-0.05, 0) is 12.8 Å². The zero-order valence-electron chi connectivity index (χ0n) is 10.7. The Morgan fingerprint density at radius 2 is 2.16 bits per heavy atom. The lowest BCUT2D eigenvalue weighted by molar-refractivity contribution is 0.0695. The third kappa shape index (κ3) is 3.32. The number of nitrogens with one attached hydrogen (secondary N) is 1. The van der Waals surface area contributed by atoms with E-state index in [1.165, 1.54) is 10.9 Å². The van der Waals surface area contributed by atoms with Crippen molar-refractivity contribution >= 4 is 15.8 Å². The molecule has 8 heteroatoms. The van der Waals surface area contributed by atoms with Crippen molar-refractivity contribution < 1.29 is 18.3 Å². The number of hydrogen-bond acceptors (Lipinski definition) is 5. The van der Waals surface area contributed by atoms with Crippen molar-refractivity contribution in [1.82, 2.24) is 15.1 Å². The Balaban J connectivity index is 1.96. The van der Waals surface area contributed by atoms with Crippen LogP contribution in [0.4, 0.5) is 0 Å². The highest BCUT2D eigenvalue weighted by Crippen LogP contribution is 2.14. The molecule has 19 heavy (non-hydrogen) atoms. The quantitative estimate of drug-likeness (QED) is 0.794. The number of rotatable bonds is 4. The molecule has 0 saturated carbocycles. The summed E-state index contributed by atoms with van der Waals surface area (Å²) in [6.45, 7) is 0.378. The average molecular weight is 287 g/mol. The Morgan fingerprint density at radius 1 is 1.53 bits per heavy atom. The first-order valence-corrected chi connectivity index (χ1v) is 7.89. The van der Waals surface area contributed by atoms with Crippen molar-refractivity contribution in [3.63, 3.8) is 0 Å². The molecule has 0 aliphatic carbocycles. The number of carboxylic acid groups (broad SMARTS) is 1. The maximum atomic E-state index is 11.3. The van der Waals surface area contributed by atoms with E-state index in [9.17, 15) is 13.2 Å². The summed E-state index contributed by atoms with van der Waals surface area (Å²) in [7, 11) is -1.18. The van der Waals surface area contributed by atoms with Gasteiger partial charge in [0.1, 0.15) is 15.4 Å². The summed E-state index contributed by atoms with van der Waals surface area (Å²) in [5, 5.41) is 16.2. The van der Waals surface area contributed by atoms with Crippen molar-refractivity contribution in [2.45, 2.75) is 25.4 Å². The molecule has 0 aromatic carbocycles. The molecule has 2 N–H and O–H groups in total. The topological polar surface area (TPSA) is 101 Å². The molecular weight excluding hydrogens is 270 g/mol. The summed E-state index contributed by atoms with van der Waals surface area (Å²) >= 11 is 0. The largest absolute Gasteiger partial charge is 0.478 e. The zero-order valence-corrected chi connectivity index (χ0v) is 11.5. The van der Waals surface area contributed by atoms with Gasteiger partial charge in [0, 0.05) is 19.6 Å². The highest BCUT2D eigenvalue weighted by Gasteiger charge is 2.24. The Labute approximate surface area is 111 Å². The highest BCUT2D eigenvalue weighted by molar-refractivity contribution is 7.91.